The van der Waals surface area contributed by atoms with Crippen LogP contribution >= 0.6 is 0 Å². The monoisotopic (exact) mass is 276 g/mol. The maximum Gasteiger partial charge on any atom is 0.416 e. The van der Waals surface area contributed by atoms with Crippen molar-refractivity contribution in [3.63, 3.8) is 0 Å². The Bertz CT molecular complexity index is 772. The van der Waals surface area contributed by atoms with E-state index >= 15 is 0 Å². The fourth-order valence-electron chi connectivity index (χ4n) is 2.22. The highest BCUT2D eigenvalue weighted by Gasteiger charge is 2.30. The first-order valence-electron chi connectivity index (χ1n) is 5.99. The van der Waals surface area contributed by atoms with Crippen molar-refractivity contribution in [2.24, 2.45) is 0 Å². The zero-order valence-electron chi connectivity index (χ0n) is 10.4. The Kier molecular flexibility index (Phi) is 2.71. The molecule has 0 atom stereocenters. The van der Waals surface area contributed by atoms with Gasteiger partial charge in [-0.25, -0.2) is 0 Å². The van der Waals surface area contributed by atoms with Crippen molar-refractivity contribution in [2.75, 3.05) is 5.73 Å². The smallest absolute Gasteiger partial charge is 0.399 e. The van der Waals surface area contributed by atoms with Crippen LogP contribution in [0, 0.1) is 0 Å². The summed E-state index contributed by atoms with van der Waals surface area (Å²) in [6.07, 6.45) is -2.61. The quantitative estimate of drug-likeness (QED) is 0.662. The van der Waals surface area contributed by atoms with Crippen molar-refractivity contribution in [3.8, 4) is 5.69 Å². The lowest BCUT2D eigenvalue weighted by Gasteiger charge is -2.10. The molecule has 0 fully saturated rings. The summed E-state index contributed by atoms with van der Waals surface area (Å²) < 4.78 is 40.0. The van der Waals surface area contributed by atoms with Crippen LogP contribution in [0.4, 0.5) is 18.9 Å². The van der Waals surface area contributed by atoms with E-state index in [2.05, 4.69) is 0 Å². The Hall–Kier alpha value is -2.43. The van der Waals surface area contributed by atoms with Gasteiger partial charge in [0, 0.05) is 23.0 Å². The summed E-state index contributed by atoms with van der Waals surface area (Å²) in [6.45, 7) is 0. The molecule has 3 rings (SSSR count). The number of nitrogens with zero attached hydrogens (tertiary/aromatic N) is 1. The predicted octanol–water partition coefficient (Wildman–Crippen LogP) is 4.23. The summed E-state index contributed by atoms with van der Waals surface area (Å²) in [6, 6.07) is 12.4. The maximum absolute atomic E-state index is 12.8. The molecule has 0 aliphatic heterocycles. The molecule has 102 valence electrons. The maximum atomic E-state index is 12.8. The van der Waals surface area contributed by atoms with Gasteiger partial charge in [0.05, 0.1) is 11.1 Å². The molecule has 5 heteroatoms. The molecule has 0 saturated heterocycles. The van der Waals surface area contributed by atoms with E-state index < -0.39 is 11.7 Å². The largest absolute Gasteiger partial charge is 0.416 e. The van der Waals surface area contributed by atoms with Crippen LogP contribution in [0.2, 0.25) is 0 Å². The molecule has 0 saturated carbocycles. The van der Waals surface area contributed by atoms with Crippen molar-refractivity contribution in [3.05, 3.63) is 60.3 Å². The van der Waals surface area contributed by atoms with Gasteiger partial charge in [0.15, 0.2) is 0 Å². The van der Waals surface area contributed by atoms with Crippen LogP contribution in [-0.2, 0) is 6.18 Å². The fourth-order valence-corrected chi connectivity index (χ4v) is 2.22. The number of halogens is 3. The molecule has 3 aromatic rings. The molecule has 0 spiro atoms. The molecule has 0 radical (unpaired) electrons. The van der Waals surface area contributed by atoms with Gasteiger partial charge in [-0.3, -0.25) is 0 Å². The number of hydrogen-bond donors (Lipinski definition) is 1. The van der Waals surface area contributed by atoms with Gasteiger partial charge in [-0.05, 0) is 42.5 Å². The van der Waals surface area contributed by atoms with Crippen molar-refractivity contribution in [1.29, 1.82) is 0 Å². The minimum absolute atomic E-state index is 0.472. The van der Waals surface area contributed by atoms with E-state index in [-0.39, 0.29) is 0 Å². The number of anilines is 1. The summed E-state index contributed by atoms with van der Waals surface area (Å²) in [5.74, 6) is 0. The number of nitrogens with two attached hydrogens (primary N) is 1. The molecule has 0 bridgehead atoms. The summed E-state index contributed by atoms with van der Waals surface area (Å²) in [4.78, 5) is 0. The molecular weight excluding hydrogens is 265 g/mol. The zero-order valence-corrected chi connectivity index (χ0v) is 10.4. The molecule has 0 amide bonds. The van der Waals surface area contributed by atoms with Crippen LogP contribution in [0.1, 0.15) is 5.56 Å². The topological polar surface area (TPSA) is 30.9 Å². The van der Waals surface area contributed by atoms with Gasteiger partial charge in [0.2, 0.25) is 0 Å². The van der Waals surface area contributed by atoms with Crippen LogP contribution in [0.3, 0.4) is 0 Å². The molecule has 2 nitrogen and oxygen atoms in total. The van der Waals surface area contributed by atoms with Crippen molar-refractivity contribution >= 4 is 16.6 Å². The summed E-state index contributed by atoms with van der Waals surface area (Å²) in [5, 5.41) is 0.891. The number of alkyl halides is 3. The van der Waals surface area contributed by atoms with E-state index in [1.807, 2.05) is 6.07 Å². The summed E-state index contributed by atoms with van der Waals surface area (Å²) in [5.41, 5.74) is 6.95. The normalized spacial score (nSPS) is 11.9. The Morgan fingerprint density at radius 1 is 0.950 bits per heavy atom. The predicted molar refractivity (Wildman–Crippen MR) is 72.7 cm³/mol. The second-order valence-corrected chi connectivity index (χ2v) is 4.55. The first kappa shape index (κ1) is 12.6. The molecule has 0 aliphatic carbocycles. The van der Waals surface area contributed by atoms with Crippen molar-refractivity contribution < 1.29 is 13.2 Å². The van der Waals surface area contributed by atoms with E-state index in [1.165, 1.54) is 6.07 Å². The minimum Gasteiger partial charge on any atom is -0.399 e. The van der Waals surface area contributed by atoms with Crippen molar-refractivity contribution in [2.45, 2.75) is 6.18 Å². The Morgan fingerprint density at radius 3 is 2.50 bits per heavy atom. The molecular formula is C15H11F3N2. The van der Waals surface area contributed by atoms with Crippen LogP contribution in [0.15, 0.2) is 54.7 Å². The fraction of sp³-hybridized carbons (Fsp3) is 0.0667. The average Bonchev–Trinajstić information content (AvgIpc) is 2.80. The number of aromatic nitrogens is 1. The first-order chi connectivity index (χ1) is 9.45. The van der Waals surface area contributed by atoms with Crippen LogP contribution < -0.4 is 5.73 Å². The van der Waals surface area contributed by atoms with E-state index in [0.29, 0.717) is 11.4 Å². The Balaban J connectivity index is 2.16. The third-order valence-corrected chi connectivity index (χ3v) is 3.17. The average molecular weight is 276 g/mol. The molecule has 20 heavy (non-hydrogen) atoms. The SMILES string of the molecule is Nc1ccc2c(ccn2-c2cccc(C(F)(F)F)c2)c1. The Morgan fingerprint density at radius 2 is 1.75 bits per heavy atom. The molecule has 2 aromatic carbocycles. The van der Waals surface area contributed by atoms with Crippen LogP contribution in [0.5, 0.6) is 0 Å². The van der Waals surface area contributed by atoms with E-state index in [1.54, 1.807) is 35.0 Å². The third kappa shape index (κ3) is 2.11. The Labute approximate surface area is 113 Å². The van der Waals surface area contributed by atoms with Crippen LogP contribution in [0.25, 0.3) is 16.6 Å². The van der Waals surface area contributed by atoms with Gasteiger partial charge in [0.1, 0.15) is 0 Å². The van der Waals surface area contributed by atoms with E-state index in [4.69, 9.17) is 5.73 Å². The second-order valence-electron chi connectivity index (χ2n) is 4.55. The minimum atomic E-state index is -4.34. The lowest BCUT2D eigenvalue weighted by atomic mass is 10.2. The van der Waals surface area contributed by atoms with E-state index in [0.717, 1.165) is 23.0 Å². The molecule has 1 aromatic heterocycles. The first-order valence-corrected chi connectivity index (χ1v) is 5.99. The molecule has 2 N–H and O–H groups in total. The number of fused-ring (bicyclic) bond motifs is 1. The second kappa shape index (κ2) is 4.30. The molecule has 1 heterocycles. The highest BCUT2D eigenvalue weighted by molar-refractivity contribution is 5.84. The van der Waals surface area contributed by atoms with Gasteiger partial charge in [-0.1, -0.05) is 6.07 Å². The number of hydrogen-bond acceptors (Lipinski definition) is 1. The third-order valence-electron chi connectivity index (χ3n) is 3.17. The highest BCUT2D eigenvalue weighted by Crippen LogP contribution is 2.31. The van der Waals surface area contributed by atoms with E-state index in [9.17, 15) is 13.2 Å². The van der Waals surface area contributed by atoms with Gasteiger partial charge in [-0.15, -0.1) is 0 Å². The van der Waals surface area contributed by atoms with Gasteiger partial charge >= 0.3 is 6.18 Å². The number of nitrogen functional groups attached to an aromatic ring is 1. The van der Waals surface area contributed by atoms with Gasteiger partial charge < -0.3 is 10.3 Å². The standard InChI is InChI=1S/C15H11F3N2/c16-15(17,18)11-2-1-3-13(9-11)20-7-6-10-8-12(19)4-5-14(10)20/h1-9H,19H2. The van der Waals surface area contributed by atoms with Gasteiger partial charge in [0.25, 0.3) is 0 Å². The number of rotatable bonds is 1. The lowest BCUT2D eigenvalue weighted by Crippen LogP contribution is -2.05. The van der Waals surface area contributed by atoms with Crippen LogP contribution in [-0.4, -0.2) is 4.57 Å². The molecule has 0 aliphatic rings. The highest BCUT2D eigenvalue weighted by atomic mass is 19.4. The summed E-state index contributed by atoms with van der Waals surface area (Å²) in [7, 11) is 0. The molecule has 0 unspecified atom stereocenters. The number of benzene rings is 2. The van der Waals surface area contributed by atoms with Crippen molar-refractivity contribution in [1.82, 2.24) is 4.57 Å². The van der Waals surface area contributed by atoms with Gasteiger partial charge in [-0.2, -0.15) is 13.2 Å². The summed E-state index contributed by atoms with van der Waals surface area (Å²) >= 11 is 0. The zero-order chi connectivity index (χ0) is 14.3. The lowest BCUT2D eigenvalue weighted by molar-refractivity contribution is -0.137.